The molecular formula is C12H11F3N2O2. The Morgan fingerprint density at radius 1 is 1.21 bits per heavy atom. The van der Waals surface area contributed by atoms with Crippen LogP contribution in [0.25, 0.3) is 5.69 Å². The van der Waals surface area contributed by atoms with Gasteiger partial charge in [-0.25, -0.2) is 4.68 Å². The summed E-state index contributed by atoms with van der Waals surface area (Å²) in [5.41, 5.74) is -0.0743. The van der Waals surface area contributed by atoms with Crippen LogP contribution in [0.4, 0.5) is 13.2 Å². The summed E-state index contributed by atoms with van der Waals surface area (Å²) in [6, 6.07) is 8.58. The summed E-state index contributed by atoms with van der Waals surface area (Å²) in [4.78, 5) is 12.0. The lowest BCUT2D eigenvalue weighted by Crippen LogP contribution is -2.23. The smallest absolute Gasteiger partial charge is 0.422 e. The van der Waals surface area contributed by atoms with Crippen LogP contribution in [0.3, 0.4) is 0 Å². The van der Waals surface area contributed by atoms with Crippen LogP contribution >= 0.6 is 0 Å². The topological polar surface area (TPSA) is 36.2 Å². The molecule has 1 heterocycles. The minimum Gasteiger partial charge on any atom is -0.477 e. The second-order valence-electron chi connectivity index (χ2n) is 3.92. The van der Waals surface area contributed by atoms with Gasteiger partial charge < -0.3 is 4.74 Å². The molecule has 1 aromatic heterocycles. The number of halogens is 3. The summed E-state index contributed by atoms with van der Waals surface area (Å²) in [6.45, 7) is -1.49. The van der Waals surface area contributed by atoms with E-state index in [0.29, 0.717) is 5.69 Å². The third kappa shape index (κ3) is 2.98. The number of hydrogen-bond acceptors (Lipinski definition) is 2. The van der Waals surface area contributed by atoms with Gasteiger partial charge in [0, 0.05) is 7.05 Å². The molecule has 0 amide bonds. The van der Waals surface area contributed by atoms with Crippen LogP contribution in [-0.4, -0.2) is 22.1 Å². The third-order valence-electron chi connectivity index (χ3n) is 2.41. The summed E-state index contributed by atoms with van der Waals surface area (Å²) in [6.07, 6.45) is -3.25. The molecule has 0 aliphatic carbocycles. The molecule has 0 saturated heterocycles. The number of alkyl halides is 3. The van der Waals surface area contributed by atoms with Crippen LogP contribution in [0.2, 0.25) is 0 Å². The number of para-hydroxylation sites is 1. The largest absolute Gasteiger partial charge is 0.477 e. The van der Waals surface area contributed by atoms with Gasteiger partial charge in [0.2, 0.25) is 5.75 Å². The highest BCUT2D eigenvalue weighted by atomic mass is 19.4. The van der Waals surface area contributed by atoms with Crippen molar-refractivity contribution < 1.29 is 17.9 Å². The van der Waals surface area contributed by atoms with Gasteiger partial charge in [0.25, 0.3) is 0 Å². The van der Waals surface area contributed by atoms with Gasteiger partial charge in [-0.2, -0.15) is 13.2 Å². The second kappa shape index (κ2) is 4.83. The van der Waals surface area contributed by atoms with Crippen molar-refractivity contribution >= 4 is 0 Å². The first-order valence-electron chi connectivity index (χ1n) is 5.42. The molecule has 0 spiro atoms. The van der Waals surface area contributed by atoms with Gasteiger partial charge in [-0.3, -0.25) is 9.48 Å². The SMILES string of the molecule is Cn1cc(OCC(F)(F)F)c(=O)n1-c1ccccc1. The molecule has 2 aromatic rings. The van der Waals surface area contributed by atoms with Crippen LogP contribution in [0.1, 0.15) is 0 Å². The van der Waals surface area contributed by atoms with E-state index in [0.717, 1.165) is 0 Å². The fraction of sp³-hybridized carbons (Fsp3) is 0.250. The third-order valence-corrected chi connectivity index (χ3v) is 2.41. The van der Waals surface area contributed by atoms with Crippen molar-refractivity contribution in [2.45, 2.75) is 6.18 Å². The summed E-state index contributed by atoms with van der Waals surface area (Å²) < 4.78 is 43.3. The second-order valence-corrected chi connectivity index (χ2v) is 3.92. The predicted molar refractivity (Wildman–Crippen MR) is 62.6 cm³/mol. The van der Waals surface area contributed by atoms with Gasteiger partial charge in [-0.1, -0.05) is 18.2 Å². The Labute approximate surface area is 106 Å². The van der Waals surface area contributed by atoms with E-state index in [9.17, 15) is 18.0 Å². The van der Waals surface area contributed by atoms with E-state index in [4.69, 9.17) is 0 Å². The number of aryl methyl sites for hydroxylation is 1. The number of rotatable bonds is 3. The molecule has 0 aliphatic heterocycles. The van der Waals surface area contributed by atoms with Crippen molar-refractivity contribution in [3.63, 3.8) is 0 Å². The Balaban J connectivity index is 2.33. The Morgan fingerprint density at radius 2 is 1.84 bits per heavy atom. The normalized spacial score (nSPS) is 11.6. The van der Waals surface area contributed by atoms with Gasteiger partial charge in [0.1, 0.15) is 0 Å². The van der Waals surface area contributed by atoms with Gasteiger partial charge >= 0.3 is 11.7 Å². The van der Waals surface area contributed by atoms with Gasteiger partial charge in [0.05, 0.1) is 11.9 Å². The van der Waals surface area contributed by atoms with E-state index in [1.165, 1.54) is 15.6 Å². The summed E-state index contributed by atoms with van der Waals surface area (Å²) in [5.74, 6) is -0.330. The minimum atomic E-state index is -4.47. The maximum atomic E-state index is 12.1. The molecule has 0 N–H and O–H groups in total. The molecule has 2 rings (SSSR count). The Morgan fingerprint density at radius 3 is 2.42 bits per heavy atom. The number of nitrogens with zero attached hydrogens (tertiary/aromatic N) is 2. The average molecular weight is 272 g/mol. The predicted octanol–water partition coefficient (Wildman–Crippen LogP) is 2.12. The van der Waals surface area contributed by atoms with E-state index >= 15 is 0 Å². The van der Waals surface area contributed by atoms with E-state index < -0.39 is 18.3 Å². The molecule has 0 saturated carbocycles. The van der Waals surface area contributed by atoms with E-state index in [2.05, 4.69) is 4.74 Å². The molecule has 0 atom stereocenters. The van der Waals surface area contributed by atoms with Gasteiger partial charge in [-0.05, 0) is 12.1 Å². The molecule has 7 heteroatoms. The molecule has 0 unspecified atom stereocenters. The molecule has 0 fully saturated rings. The van der Waals surface area contributed by atoms with Crippen molar-refractivity contribution in [1.29, 1.82) is 0 Å². The maximum Gasteiger partial charge on any atom is 0.422 e. The average Bonchev–Trinajstić information content (AvgIpc) is 2.62. The highest BCUT2D eigenvalue weighted by Crippen LogP contribution is 2.17. The van der Waals surface area contributed by atoms with Crippen LogP contribution in [-0.2, 0) is 7.05 Å². The zero-order valence-corrected chi connectivity index (χ0v) is 10.0. The zero-order chi connectivity index (χ0) is 14.0. The van der Waals surface area contributed by atoms with Crippen molar-refractivity contribution in [3.05, 3.63) is 46.9 Å². The molecule has 0 bridgehead atoms. The van der Waals surface area contributed by atoms with Crippen LogP contribution in [0.15, 0.2) is 41.3 Å². The van der Waals surface area contributed by atoms with Crippen LogP contribution < -0.4 is 10.3 Å². The van der Waals surface area contributed by atoms with Crippen LogP contribution in [0.5, 0.6) is 5.75 Å². The lowest BCUT2D eigenvalue weighted by Gasteiger charge is -2.06. The Hall–Kier alpha value is -2.18. The Bertz CT molecular complexity index is 614. The fourth-order valence-electron chi connectivity index (χ4n) is 1.66. The van der Waals surface area contributed by atoms with Crippen molar-refractivity contribution in [1.82, 2.24) is 9.36 Å². The zero-order valence-electron chi connectivity index (χ0n) is 10.0. The summed E-state index contributed by atoms with van der Waals surface area (Å²) >= 11 is 0. The first kappa shape index (κ1) is 13.3. The maximum absolute atomic E-state index is 12.1. The number of benzene rings is 1. The number of aromatic nitrogens is 2. The van der Waals surface area contributed by atoms with Crippen LogP contribution in [0, 0.1) is 0 Å². The standard InChI is InChI=1S/C12H11F3N2O2/c1-16-7-10(19-8-12(13,14)15)11(18)17(16)9-5-3-2-4-6-9/h2-7H,8H2,1H3. The molecule has 102 valence electrons. The summed E-state index contributed by atoms with van der Waals surface area (Å²) in [7, 11) is 1.55. The molecule has 19 heavy (non-hydrogen) atoms. The van der Waals surface area contributed by atoms with Gasteiger partial charge in [-0.15, -0.1) is 0 Å². The monoisotopic (exact) mass is 272 g/mol. The molecule has 0 radical (unpaired) electrons. The van der Waals surface area contributed by atoms with E-state index in [-0.39, 0.29) is 5.75 Å². The molecule has 1 aromatic carbocycles. The van der Waals surface area contributed by atoms with E-state index in [1.54, 1.807) is 37.4 Å². The van der Waals surface area contributed by atoms with Crippen molar-refractivity contribution in [3.8, 4) is 11.4 Å². The molecule has 0 aliphatic rings. The fourth-order valence-corrected chi connectivity index (χ4v) is 1.66. The summed E-state index contributed by atoms with van der Waals surface area (Å²) in [5, 5.41) is 0. The highest BCUT2D eigenvalue weighted by Gasteiger charge is 2.29. The number of hydrogen-bond donors (Lipinski definition) is 0. The minimum absolute atomic E-state index is 0.330. The number of ether oxygens (including phenoxy) is 1. The van der Waals surface area contributed by atoms with E-state index in [1.807, 2.05) is 0 Å². The molecular weight excluding hydrogens is 261 g/mol. The first-order valence-corrected chi connectivity index (χ1v) is 5.42. The first-order chi connectivity index (χ1) is 8.88. The Kier molecular flexibility index (Phi) is 3.37. The molecule has 4 nitrogen and oxygen atoms in total. The lowest BCUT2D eigenvalue weighted by molar-refractivity contribution is -0.153. The highest BCUT2D eigenvalue weighted by molar-refractivity contribution is 5.32. The quantitative estimate of drug-likeness (QED) is 0.858. The van der Waals surface area contributed by atoms with Crippen molar-refractivity contribution in [2.75, 3.05) is 6.61 Å². The lowest BCUT2D eigenvalue weighted by atomic mass is 10.3. The van der Waals surface area contributed by atoms with Crippen molar-refractivity contribution in [2.24, 2.45) is 7.05 Å². The van der Waals surface area contributed by atoms with Gasteiger partial charge in [0.15, 0.2) is 6.61 Å².